The molecule has 0 heterocycles. The average Bonchev–Trinajstić information content (AvgIpc) is 2.64. The van der Waals surface area contributed by atoms with Crippen LogP contribution in [0.2, 0.25) is 0 Å². The molecule has 2 rings (SSSR count). The summed E-state index contributed by atoms with van der Waals surface area (Å²) in [4.78, 5) is 17.8. The number of hydrogen-bond acceptors (Lipinski definition) is 4. The molecule has 0 saturated carbocycles. The Morgan fingerprint density at radius 1 is 0.550 bits per heavy atom. The van der Waals surface area contributed by atoms with Crippen LogP contribution in [0.3, 0.4) is 0 Å². The van der Waals surface area contributed by atoms with E-state index in [-0.39, 0.29) is 67.0 Å². The van der Waals surface area contributed by atoms with Crippen molar-refractivity contribution in [3.05, 3.63) is 74.5 Å². The average molecular weight is 774 g/mol. The molecular weight excluding hydrogens is 723 g/mol. The Balaban J connectivity index is -0.000000246. The van der Waals surface area contributed by atoms with Gasteiger partial charge in [-0.3, -0.25) is 0 Å². The van der Waals surface area contributed by atoms with E-state index < -0.39 is 11.9 Å². The normalized spacial score (nSPS) is 12.6. The first-order valence-electron chi connectivity index (χ1n) is 12.7. The summed E-state index contributed by atoms with van der Waals surface area (Å²) in [5.41, 5.74) is 0. The Morgan fingerprint density at radius 2 is 0.725 bits per heavy atom. The van der Waals surface area contributed by atoms with Gasteiger partial charge in [-0.25, -0.2) is 0 Å². The van der Waals surface area contributed by atoms with Crippen LogP contribution >= 0.6 is 15.8 Å². The molecule has 2 unspecified atom stereocenters. The van der Waals surface area contributed by atoms with Crippen LogP contribution in [0.1, 0.15) is 83.1 Å². The van der Waals surface area contributed by atoms with Crippen LogP contribution in [0.4, 0.5) is 0 Å². The molecule has 0 aromatic heterocycles. The quantitative estimate of drug-likeness (QED) is 0.220. The number of rotatable bonds is 4. The van der Waals surface area contributed by atoms with Gasteiger partial charge in [0.25, 0.3) is 0 Å². The van der Waals surface area contributed by atoms with E-state index in [0.717, 1.165) is 13.8 Å². The van der Waals surface area contributed by atoms with E-state index in [1.165, 1.54) is 10.6 Å². The van der Waals surface area contributed by atoms with E-state index in [1.807, 2.05) is 0 Å². The largest absolute Gasteiger partial charge is 2.00 e. The van der Waals surface area contributed by atoms with Crippen molar-refractivity contribution in [1.82, 2.24) is 0 Å². The Kier molecular flexibility index (Phi) is 23.8. The van der Waals surface area contributed by atoms with E-state index in [1.54, 1.807) is 0 Å². The zero-order valence-corrected chi connectivity index (χ0v) is 31.2. The monoisotopic (exact) mass is 772 g/mol. The Hall–Kier alpha value is -0.435. The Morgan fingerprint density at radius 3 is 0.850 bits per heavy atom. The van der Waals surface area contributed by atoms with Crippen LogP contribution in [0, 0.1) is 13.8 Å². The van der Waals surface area contributed by atoms with E-state index >= 15 is 0 Å². The Labute approximate surface area is 275 Å². The van der Waals surface area contributed by atoms with Gasteiger partial charge in [-0.1, -0.05) is 146 Å². The molecule has 0 aliphatic rings. The van der Waals surface area contributed by atoms with E-state index in [2.05, 4.69) is 144 Å². The van der Waals surface area contributed by atoms with Gasteiger partial charge >= 0.3 is 40.8 Å². The summed E-state index contributed by atoms with van der Waals surface area (Å²) in [7, 11) is -0.498. The molecule has 2 atom stereocenters. The number of benzene rings is 2. The molecule has 0 aliphatic heterocycles. The fourth-order valence-corrected chi connectivity index (χ4v) is 12.0. The van der Waals surface area contributed by atoms with Crippen LogP contribution in [0.25, 0.3) is 0 Å². The smallest absolute Gasteiger partial charge is 0.550 e. The number of hydrogen-bond donors (Lipinski definition) is 0. The first-order chi connectivity index (χ1) is 16.9. The predicted molar refractivity (Wildman–Crippen MR) is 166 cm³/mol. The second-order valence-corrected chi connectivity index (χ2v) is 19.8. The second kappa shape index (κ2) is 20.5. The van der Waals surface area contributed by atoms with Crippen LogP contribution in [0.5, 0.6) is 0 Å². The van der Waals surface area contributed by atoms with Gasteiger partial charge in [0.05, 0.1) is 0 Å². The predicted octanol–water partition coefficient (Wildman–Crippen LogP) is 5.92. The van der Waals surface area contributed by atoms with E-state index in [0.29, 0.717) is 10.3 Å². The van der Waals surface area contributed by atoms with Gasteiger partial charge in [0.2, 0.25) is 0 Å². The van der Waals surface area contributed by atoms with Gasteiger partial charge < -0.3 is 33.6 Å². The molecular formula is C32H50O4P2Pd2. The van der Waals surface area contributed by atoms with Crippen LogP contribution in [-0.2, 0) is 50.4 Å². The minimum absolute atomic E-state index is 0. The molecule has 4 nitrogen and oxygen atoms in total. The summed E-state index contributed by atoms with van der Waals surface area (Å²) >= 11 is 0. The summed E-state index contributed by atoms with van der Waals surface area (Å²) in [5, 5.41) is 21.5. The minimum atomic E-state index is -1.08. The molecule has 0 N–H and O–H groups in total. The maximum absolute atomic E-state index is 8.89. The molecule has 0 bridgehead atoms. The van der Waals surface area contributed by atoms with Crippen LogP contribution < -0.4 is 20.8 Å². The van der Waals surface area contributed by atoms with E-state index in [4.69, 9.17) is 19.8 Å². The zero-order chi connectivity index (χ0) is 30.5. The molecule has 0 amide bonds. The summed E-state index contributed by atoms with van der Waals surface area (Å²) in [5.74, 6) is -2.17. The Bertz CT molecular complexity index is 826. The summed E-state index contributed by atoms with van der Waals surface area (Å²) in [6.07, 6.45) is 0. The third-order valence-corrected chi connectivity index (χ3v) is 11.3. The molecule has 232 valence electrons. The first kappa shape index (κ1) is 46.5. The number of carboxylic acid groups (broad SMARTS) is 2. The van der Waals surface area contributed by atoms with Gasteiger partial charge in [0, 0.05) is 11.9 Å². The molecule has 8 heteroatoms. The van der Waals surface area contributed by atoms with Gasteiger partial charge in [-0.2, -0.15) is 0 Å². The van der Waals surface area contributed by atoms with Crippen LogP contribution in [0.15, 0.2) is 60.7 Å². The second-order valence-electron chi connectivity index (χ2n) is 12.3. The number of aliphatic carboxylic acids is 2. The number of carbonyl (C=O) groups excluding carboxylic acids is 2. The zero-order valence-electron chi connectivity index (χ0n) is 26.3. The summed E-state index contributed by atoms with van der Waals surface area (Å²) in [6, 6.07) is 21.6. The topological polar surface area (TPSA) is 80.3 Å². The molecule has 2 aromatic rings. The van der Waals surface area contributed by atoms with Crippen molar-refractivity contribution >= 4 is 38.4 Å². The van der Waals surface area contributed by atoms with Crippen molar-refractivity contribution in [3.8, 4) is 0 Å². The van der Waals surface area contributed by atoms with Crippen molar-refractivity contribution in [1.29, 1.82) is 0 Å². The molecule has 0 aliphatic carbocycles. The maximum atomic E-state index is 8.89. The first-order valence-corrected chi connectivity index (χ1v) is 15.4. The molecule has 0 fully saturated rings. The number of carboxylic acids is 2. The van der Waals surface area contributed by atoms with Crippen molar-refractivity contribution in [2.45, 2.75) is 104 Å². The van der Waals surface area contributed by atoms with Gasteiger partial charge in [0.1, 0.15) is 0 Å². The summed E-state index contributed by atoms with van der Waals surface area (Å²) in [6.45, 7) is 33.5. The molecule has 2 aromatic carbocycles. The van der Waals surface area contributed by atoms with Gasteiger partial charge in [0.15, 0.2) is 0 Å². The number of carbonyl (C=O) groups is 2. The molecule has 0 saturated heterocycles. The van der Waals surface area contributed by atoms with Crippen molar-refractivity contribution in [2.24, 2.45) is 0 Å². The fraction of sp³-hybridized carbons (Fsp3) is 0.500. The third-order valence-electron chi connectivity index (χ3n) is 4.58. The maximum Gasteiger partial charge on any atom is 2.00 e. The molecule has 0 spiro atoms. The summed E-state index contributed by atoms with van der Waals surface area (Å²) < 4.78 is 0. The van der Waals surface area contributed by atoms with Crippen molar-refractivity contribution in [2.75, 3.05) is 0 Å². The van der Waals surface area contributed by atoms with E-state index in [9.17, 15) is 0 Å². The van der Waals surface area contributed by atoms with Gasteiger partial charge in [-0.05, 0) is 34.8 Å². The standard InChI is InChI=1S/2C14H22P.2C2H4O2.2Pd/c2*1-13(2,3)15(14(4,5)6)12-10-8-7-9-11-12;2*1-2(3)4;;/h2*7-11H,1H2,2-6H3;2*1H3,(H,3,4);;/q2*-1;;;2*+2/p-2. The van der Waals surface area contributed by atoms with Crippen LogP contribution in [-0.4, -0.2) is 32.6 Å². The van der Waals surface area contributed by atoms with Crippen molar-refractivity contribution < 1.29 is 60.6 Å². The molecule has 0 radical (unpaired) electrons. The third kappa shape index (κ3) is 22.2. The fourth-order valence-electron chi connectivity index (χ4n) is 4.44. The van der Waals surface area contributed by atoms with Gasteiger partial charge in [-0.15, -0.1) is 10.3 Å². The van der Waals surface area contributed by atoms with Crippen molar-refractivity contribution in [3.63, 3.8) is 0 Å². The SMILES string of the molecule is CC(=O)[O-].CC(=O)[O-].[CH2-]C(C)(C)P(c1ccccc1)C(C)(C)C.[CH2-]C(C)(C)P(c1ccccc1)C(C)(C)C.[Pd+2].[Pd+2]. The minimum Gasteiger partial charge on any atom is -0.550 e. The molecule has 40 heavy (non-hydrogen) atoms.